The van der Waals surface area contributed by atoms with Crippen LogP contribution in [0, 0.1) is 47.3 Å². The number of hydrogen-bond donors (Lipinski definition) is 1. The predicted molar refractivity (Wildman–Crippen MR) is 299 cm³/mol. The van der Waals surface area contributed by atoms with Crippen molar-refractivity contribution < 1.29 is 66.8 Å². The molecule has 6 rings (SSSR count). The summed E-state index contributed by atoms with van der Waals surface area (Å²) in [5.41, 5.74) is 3.27. The average molecular weight is 1050 g/mol. The lowest BCUT2D eigenvalue weighted by molar-refractivity contribution is -0.510. The van der Waals surface area contributed by atoms with E-state index in [9.17, 15) is 28.8 Å². The number of Topliss-reactive ketones (excluding diaryl/α,β-unsaturated/α-hetero) is 2. The fraction of sp³-hybridized carbons (Fsp3) is 0.850. The zero-order chi connectivity index (χ0) is 52.0. The monoisotopic (exact) mass is 1050 g/mol. The third-order valence-electron chi connectivity index (χ3n) is 14.9. The van der Waals surface area contributed by atoms with Gasteiger partial charge in [-0.15, -0.1) is 0 Å². The molecule has 14 nitrogen and oxygen atoms in total. The van der Waals surface area contributed by atoms with Gasteiger partial charge in [0.05, 0.1) is 51.1 Å². The number of rotatable bonds is 14. The van der Waals surface area contributed by atoms with Crippen LogP contribution in [0.5, 0.6) is 0 Å². The van der Waals surface area contributed by atoms with E-state index in [-0.39, 0.29) is 89.1 Å². The van der Waals surface area contributed by atoms with Gasteiger partial charge in [-0.3, -0.25) is 33.6 Å². The molecule has 432 valence electrons. The highest BCUT2D eigenvalue weighted by molar-refractivity contribution is 5.85. The van der Waals surface area contributed by atoms with E-state index in [2.05, 4.69) is 13.9 Å². The van der Waals surface area contributed by atoms with Crippen LogP contribution in [-0.4, -0.2) is 121 Å². The Morgan fingerprint density at radius 2 is 0.716 bits per heavy atom. The van der Waals surface area contributed by atoms with Gasteiger partial charge in [-0.2, -0.15) is 0 Å². The highest BCUT2D eigenvalue weighted by Gasteiger charge is 2.34. The maximum absolute atomic E-state index is 11.8. The number of aliphatic carboxylic acids is 1. The first-order chi connectivity index (χ1) is 33.5. The largest absolute Gasteiger partial charge is 0.481 e. The van der Waals surface area contributed by atoms with E-state index < -0.39 is 5.97 Å². The minimum atomic E-state index is -0.833. The van der Waals surface area contributed by atoms with Gasteiger partial charge in [0.1, 0.15) is 37.7 Å². The third-order valence-corrected chi connectivity index (χ3v) is 14.9. The molecule has 0 aromatic heterocycles. The molecule has 0 amide bonds. The van der Waals surface area contributed by atoms with E-state index in [0.717, 1.165) is 58.3 Å². The predicted octanol–water partition coefficient (Wildman–Crippen LogP) is 12.6. The van der Waals surface area contributed by atoms with E-state index in [1.807, 2.05) is 34.6 Å². The second-order valence-corrected chi connectivity index (χ2v) is 20.7. The number of esters is 4. The number of hydrogen-bond acceptors (Lipinski definition) is 11. The molecule has 2 saturated heterocycles. The van der Waals surface area contributed by atoms with Gasteiger partial charge in [0.25, 0.3) is 5.97 Å². The van der Waals surface area contributed by atoms with Crippen molar-refractivity contribution >= 4 is 52.8 Å². The van der Waals surface area contributed by atoms with Crippen molar-refractivity contribution in [3.05, 3.63) is 0 Å². The molecule has 0 bridgehead atoms. The number of nitrogens with zero attached hydrogens (tertiary/aromatic N) is 2. The van der Waals surface area contributed by atoms with Crippen molar-refractivity contribution in [1.82, 2.24) is 0 Å². The Balaban J connectivity index is -0.000000876. The summed E-state index contributed by atoms with van der Waals surface area (Å²) in [6, 6.07) is 0. The van der Waals surface area contributed by atoms with Gasteiger partial charge in [0.2, 0.25) is 0 Å². The Bertz CT molecular complexity index is 1690. The van der Waals surface area contributed by atoms with Crippen LogP contribution in [0.25, 0.3) is 0 Å². The molecule has 4 aliphatic carbocycles. The van der Waals surface area contributed by atoms with Gasteiger partial charge in [0, 0.05) is 82.0 Å². The van der Waals surface area contributed by atoms with E-state index >= 15 is 0 Å². The van der Waals surface area contributed by atoms with Crippen molar-refractivity contribution in [2.75, 3.05) is 53.6 Å². The van der Waals surface area contributed by atoms with Gasteiger partial charge in [-0.25, -0.2) is 9.15 Å². The number of carbonyl (C=O) groups excluding carboxylic acids is 6. The first-order valence-corrected chi connectivity index (χ1v) is 27.4. The average Bonchev–Trinajstić information content (AvgIpc) is 4.10. The SMILES string of the molecule is C.C.C.C.CC(=O)O.CCOC(=O)C(C)CC1CCCCC1=O.CCOC(=O)C(C)CC1CCCCC1=[N+]1CCCC1.COC(=O)C(C)CC1CCCCC1=O.COC(=O)C(C)CC1CCCCC1=[N+]1CCCC1. The Kier molecular flexibility index (Phi) is 42.3. The van der Waals surface area contributed by atoms with Gasteiger partial charge in [0.15, 0.2) is 11.4 Å². The molecular weight excluding hydrogens is 941 g/mol. The summed E-state index contributed by atoms with van der Waals surface area (Å²) >= 11 is 0. The molecule has 6 fully saturated rings. The Hall–Kier alpha value is -3.97. The lowest BCUT2D eigenvalue weighted by atomic mass is 9.81. The second kappa shape index (κ2) is 42.2. The molecule has 74 heavy (non-hydrogen) atoms. The minimum absolute atomic E-state index is 0. The van der Waals surface area contributed by atoms with Crippen molar-refractivity contribution in [1.29, 1.82) is 0 Å². The van der Waals surface area contributed by atoms with Crippen molar-refractivity contribution in [3.8, 4) is 0 Å². The summed E-state index contributed by atoms with van der Waals surface area (Å²) in [5.74, 6) is 0.590. The molecule has 0 aromatic rings. The quantitative estimate of drug-likeness (QED) is 0.0988. The Morgan fingerprint density at radius 3 is 0.986 bits per heavy atom. The summed E-state index contributed by atoms with van der Waals surface area (Å²) in [7, 11) is 2.88. The van der Waals surface area contributed by atoms with Gasteiger partial charge in [-0.05, 0) is 90.9 Å². The molecule has 0 radical (unpaired) electrons. The molecule has 2 aliphatic heterocycles. The van der Waals surface area contributed by atoms with Crippen LogP contribution < -0.4 is 0 Å². The third kappa shape index (κ3) is 28.2. The van der Waals surface area contributed by atoms with Crippen LogP contribution in [0.2, 0.25) is 0 Å². The maximum Gasteiger partial charge on any atom is 0.308 e. The molecule has 0 aromatic carbocycles. The first kappa shape index (κ1) is 74.3. The van der Waals surface area contributed by atoms with E-state index in [1.165, 1.54) is 117 Å². The van der Waals surface area contributed by atoms with Crippen LogP contribution >= 0.6 is 0 Å². The van der Waals surface area contributed by atoms with E-state index in [4.69, 9.17) is 24.1 Å². The van der Waals surface area contributed by atoms with Gasteiger partial charge in [-0.1, -0.05) is 83.1 Å². The molecule has 2 heterocycles. The van der Waals surface area contributed by atoms with Crippen LogP contribution in [0.1, 0.15) is 232 Å². The smallest absolute Gasteiger partial charge is 0.308 e. The number of ether oxygens (including phenoxy) is 4. The summed E-state index contributed by atoms with van der Waals surface area (Å²) in [4.78, 5) is 78.0. The highest BCUT2D eigenvalue weighted by atomic mass is 16.5. The Morgan fingerprint density at radius 1 is 0.459 bits per heavy atom. The summed E-state index contributed by atoms with van der Waals surface area (Å²) in [5, 5.41) is 7.42. The number of carboxylic acid groups (broad SMARTS) is 1. The molecule has 4 saturated carbocycles. The summed E-state index contributed by atoms with van der Waals surface area (Å²) in [6.45, 7) is 18.3. The first-order valence-electron chi connectivity index (χ1n) is 27.4. The van der Waals surface area contributed by atoms with Crippen molar-refractivity contribution in [3.63, 3.8) is 0 Å². The zero-order valence-corrected chi connectivity index (χ0v) is 45.2. The molecule has 1 N–H and O–H groups in total. The van der Waals surface area contributed by atoms with Crippen LogP contribution in [0.15, 0.2) is 0 Å². The molecule has 6 aliphatic rings. The van der Waals surface area contributed by atoms with Crippen LogP contribution in [-0.2, 0) is 52.5 Å². The number of ketones is 2. The molecule has 8 atom stereocenters. The van der Waals surface area contributed by atoms with Crippen LogP contribution in [0.4, 0.5) is 0 Å². The lowest BCUT2D eigenvalue weighted by Gasteiger charge is -2.24. The topological polar surface area (TPSA) is 183 Å². The molecule has 0 spiro atoms. The second-order valence-electron chi connectivity index (χ2n) is 20.7. The lowest BCUT2D eigenvalue weighted by Crippen LogP contribution is -2.32. The normalized spacial score (nSPS) is 22.7. The fourth-order valence-electron chi connectivity index (χ4n) is 11.2. The molecule has 8 unspecified atom stereocenters. The summed E-state index contributed by atoms with van der Waals surface area (Å²) < 4.78 is 24.8. The van der Waals surface area contributed by atoms with Crippen LogP contribution in [0.3, 0.4) is 0 Å². The molecular formula is C60H112N2O12+2. The standard InChI is InChI=1S/C16H28NO2.C15H26NO2.C12H20O3.C11H18O3.C2H4O2.4CH4/c1-3-19-16(18)13(2)12-14-8-4-5-9-15(14)17-10-6-7-11-17;1-12(15(17)18-2)11-13-7-3-4-8-14(13)16-9-5-6-10-16;1-3-15-12(14)9(2)8-10-6-4-5-7-11(10)13;1-8(11(13)14-2)7-9-5-3-4-6-10(9)12;1-2(3)4;;;;/h13-14H,3-12H2,1-2H3;12-13H,3-11H2,1-2H3;9-10H,3-8H2,1-2H3;8-9H,3-7H2,1-2H3;1H3,(H,3,4);4*1H4/q2*+1;;;;;;;. The summed E-state index contributed by atoms with van der Waals surface area (Å²) in [6.07, 6.45) is 26.5. The number of carbonyl (C=O) groups is 7. The highest BCUT2D eigenvalue weighted by Crippen LogP contribution is 2.31. The van der Waals surface area contributed by atoms with Crippen molar-refractivity contribution in [2.45, 2.75) is 232 Å². The maximum atomic E-state index is 11.8. The van der Waals surface area contributed by atoms with Gasteiger partial charge < -0.3 is 24.1 Å². The van der Waals surface area contributed by atoms with Crippen molar-refractivity contribution in [2.24, 2.45) is 47.3 Å². The zero-order valence-electron chi connectivity index (χ0n) is 45.2. The number of carboxylic acids is 1. The molecule has 14 heteroatoms. The van der Waals surface area contributed by atoms with E-state index in [1.54, 1.807) is 18.3 Å². The minimum Gasteiger partial charge on any atom is -0.481 e. The fourth-order valence-corrected chi connectivity index (χ4v) is 11.2. The Labute approximate surface area is 451 Å². The van der Waals surface area contributed by atoms with Gasteiger partial charge >= 0.3 is 23.9 Å². The van der Waals surface area contributed by atoms with E-state index in [0.29, 0.717) is 62.3 Å². The number of methoxy groups -OCH3 is 2.